The van der Waals surface area contributed by atoms with Crippen LogP contribution in [0.4, 0.5) is 11.4 Å². The van der Waals surface area contributed by atoms with Crippen molar-refractivity contribution in [2.75, 3.05) is 36.0 Å². The summed E-state index contributed by atoms with van der Waals surface area (Å²) in [7, 11) is 0. The first-order chi connectivity index (χ1) is 21.6. The third kappa shape index (κ3) is 9.47. The molecule has 2 heterocycles. The molecular weight excluding hydrogens is 534 g/mol. The maximum absolute atomic E-state index is 4.72. The molecule has 3 aromatic rings. The standard InChI is InChI=1S/C41H45N3/c1-5-9-28-43(29-10-6-2)40-26-22-34-20-24-38-18-15-19-39(42-38)25-21-35-23-27-41(44(30-11-7-3)31-12-8-4)33-37(35)17-14-13-16-36(34)32-40/h15,18-19,22-23,26-27,32-33H,5-12,28-31H2,1-4H3. The lowest BCUT2D eigenvalue weighted by Crippen LogP contribution is -2.25. The third-order valence-electron chi connectivity index (χ3n) is 7.72. The van der Waals surface area contributed by atoms with E-state index in [4.69, 9.17) is 4.98 Å². The Morgan fingerprint density at radius 3 is 1.27 bits per heavy atom. The molecule has 2 bridgehead atoms. The van der Waals surface area contributed by atoms with Crippen LogP contribution in [0.5, 0.6) is 0 Å². The summed E-state index contributed by atoms with van der Waals surface area (Å²) in [5.74, 6) is 26.2. The Morgan fingerprint density at radius 1 is 0.477 bits per heavy atom. The van der Waals surface area contributed by atoms with Gasteiger partial charge in [-0.2, -0.15) is 0 Å². The van der Waals surface area contributed by atoms with Crippen molar-refractivity contribution < 1.29 is 0 Å². The van der Waals surface area contributed by atoms with Gasteiger partial charge in [-0.1, -0.05) is 83.1 Å². The smallest absolute Gasteiger partial charge is 0.115 e. The lowest BCUT2D eigenvalue weighted by molar-refractivity contribution is 0.678. The fourth-order valence-electron chi connectivity index (χ4n) is 5.05. The first-order valence-electron chi connectivity index (χ1n) is 16.5. The molecule has 3 nitrogen and oxygen atoms in total. The van der Waals surface area contributed by atoms with Crippen molar-refractivity contribution in [1.29, 1.82) is 0 Å². The second kappa shape index (κ2) is 17.5. The van der Waals surface area contributed by atoms with E-state index in [0.29, 0.717) is 11.4 Å². The number of hydrogen-bond donors (Lipinski definition) is 0. The molecule has 224 valence electrons. The number of aromatic nitrogens is 1. The summed E-state index contributed by atoms with van der Waals surface area (Å²) < 4.78 is 0. The maximum Gasteiger partial charge on any atom is 0.115 e. The van der Waals surface area contributed by atoms with E-state index in [-0.39, 0.29) is 0 Å². The highest BCUT2D eigenvalue weighted by atomic mass is 15.1. The van der Waals surface area contributed by atoms with Crippen molar-refractivity contribution in [1.82, 2.24) is 4.98 Å². The Morgan fingerprint density at radius 2 is 0.886 bits per heavy atom. The molecule has 0 atom stereocenters. The Balaban J connectivity index is 1.81. The van der Waals surface area contributed by atoms with Gasteiger partial charge in [0.1, 0.15) is 11.4 Å². The molecule has 0 spiro atoms. The van der Waals surface area contributed by atoms with E-state index in [9.17, 15) is 0 Å². The van der Waals surface area contributed by atoms with Gasteiger partial charge in [0.15, 0.2) is 0 Å². The first kappa shape index (κ1) is 32.3. The van der Waals surface area contributed by atoms with Crippen molar-refractivity contribution in [2.45, 2.75) is 79.1 Å². The monoisotopic (exact) mass is 579 g/mol. The lowest BCUT2D eigenvalue weighted by Gasteiger charge is -2.25. The van der Waals surface area contributed by atoms with E-state index in [1.165, 1.54) is 37.1 Å². The van der Waals surface area contributed by atoms with E-state index >= 15 is 0 Å². The molecule has 1 aromatic heterocycles. The van der Waals surface area contributed by atoms with Gasteiger partial charge in [-0.25, -0.2) is 4.98 Å². The van der Waals surface area contributed by atoms with E-state index in [1.807, 2.05) is 18.2 Å². The average molecular weight is 580 g/mol. The lowest BCUT2D eigenvalue weighted by atomic mass is 10.0. The van der Waals surface area contributed by atoms with Gasteiger partial charge >= 0.3 is 0 Å². The van der Waals surface area contributed by atoms with Crippen LogP contribution in [0.15, 0.2) is 54.6 Å². The van der Waals surface area contributed by atoms with Gasteiger partial charge < -0.3 is 9.80 Å². The Labute approximate surface area is 266 Å². The van der Waals surface area contributed by atoms with Crippen LogP contribution in [0.3, 0.4) is 0 Å². The van der Waals surface area contributed by atoms with E-state index in [2.05, 4.69) is 121 Å². The van der Waals surface area contributed by atoms with E-state index in [0.717, 1.165) is 74.1 Å². The number of pyridine rings is 1. The number of anilines is 2. The van der Waals surface area contributed by atoms with Crippen LogP contribution < -0.4 is 9.80 Å². The molecule has 0 radical (unpaired) electrons. The summed E-state index contributed by atoms with van der Waals surface area (Å²) in [6.07, 6.45) is 9.33. The molecule has 44 heavy (non-hydrogen) atoms. The van der Waals surface area contributed by atoms with Crippen LogP contribution in [0.1, 0.15) is 113 Å². The SMILES string of the molecule is CCCCN(CCCC)c1ccc2c(c1)C#CC#Cc1cc(N(CCCC)CCCC)ccc1C#Cc1cccc(n1)C#C2. The Kier molecular flexibility index (Phi) is 12.9. The minimum Gasteiger partial charge on any atom is -0.372 e. The van der Waals surface area contributed by atoms with Gasteiger partial charge in [0, 0.05) is 59.8 Å². The number of nitrogens with zero attached hydrogens (tertiary/aromatic N) is 3. The second-order valence-electron chi connectivity index (χ2n) is 11.3. The van der Waals surface area contributed by atoms with Crippen molar-refractivity contribution in [3.05, 3.63) is 88.2 Å². The molecule has 0 N–H and O–H groups in total. The zero-order valence-electron chi connectivity index (χ0n) is 27.0. The first-order valence-corrected chi connectivity index (χ1v) is 16.5. The van der Waals surface area contributed by atoms with Crippen LogP contribution in [-0.2, 0) is 0 Å². The van der Waals surface area contributed by atoms with Gasteiger partial charge in [-0.3, -0.25) is 0 Å². The molecule has 0 unspecified atom stereocenters. The van der Waals surface area contributed by atoms with Crippen molar-refractivity contribution in [3.8, 4) is 47.4 Å². The van der Waals surface area contributed by atoms with Gasteiger partial charge in [0.05, 0.1) is 0 Å². The predicted molar refractivity (Wildman–Crippen MR) is 187 cm³/mol. The largest absolute Gasteiger partial charge is 0.372 e. The number of benzene rings is 2. The normalized spacial score (nSPS) is 10.9. The molecule has 4 rings (SSSR count). The van der Waals surface area contributed by atoms with Gasteiger partial charge in [0.25, 0.3) is 0 Å². The summed E-state index contributed by atoms with van der Waals surface area (Å²) in [6.45, 7) is 13.1. The number of unbranched alkanes of at least 4 members (excludes halogenated alkanes) is 4. The highest BCUT2D eigenvalue weighted by Gasteiger charge is 2.10. The molecule has 0 aliphatic carbocycles. The number of hydrogen-bond acceptors (Lipinski definition) is 3. The average Bonchev–Trinajstić information content (AvgIpc) is 3.05. The summed E-state index contributed by atoms with van der Waals surface area (Å²) in [6, 6.07) is 18.7. The number of rotatable bonds is 14. The summed E-state index contributed by atoms with van der Waals surface area (Å²) in [5, 5.41) is 0. The molecule has 0 saturated heterocycles. The number of fused-ring (bicyclic) bond motifs is 4. The molecule has 3 heteroatoms. The molecule has 2 aromatic carbocycles. The van der Waals surface area contributed by atoms with Crippen LogP contribution >= 0.6 is 0 Å². The Hall–Kier alpha value is -4.57. The molecule has 0 saturated carbocycles. The molecule has 0 fully saturated rings. The van der Waals surface area contributed by atoms with Gasteiger partial charge in [-0.15, -0.1) is 0 Å². The van der Waals surface area contributed by atoms with Crippen LogP contribution in [0, 0.1) is 47.4 Å². The summed E-state index contributed by atoms with van der Waals surface area (Å²) in [5.41, 5.74) is 7.31. The quantitative estimate of drug-likeness (QED) is 0.179. The van der Waals surface area contributed by atoms with Crippen LogP contribution in [0.25, 0.3) is 0 Å². The predicted octanol–water partition coefficient (Wildman–Crippen LogP) is 8.41. The maximum atomic E-state index is 4.72. The minimum atomic E-state index is 0.691. The van der Waals surface area contributed by atoms with Gasteiger partial charge in [-0.05, 0) is 97.9 Å². The van der Waals surface area contributed by atoms with Gasteiger partial charge in [0.2, 0.25) is 0 Å². The summed E-state index contributed by atoms with van der Waals surface area (Å²) in [4.78, 5) is 9.68. The fraction of sp³-hybridized carbons (Fsp3) is 0.390. The van der Waals surface area contributed by atoms with Crippen molar-refractivity contribution in [3.63, 3.8) is 0 Å². The van der Waals surface area contributed by atoms with E-state index in [1.54, 1.807) is 0 Å². The third-order valence-corrected chi connectivity index (χ3v) is 7.72. The molecule has 1 aliphatic heterocycles. The Bertz CT molecular complexity index is 1520. The summed E-state index contributed by atoms with van der Waals surface area (Å²) >= 11 is 0. The van der Waals surface area contributed by atoms with Crippen LogP contribution in [-0.4, -0.2) is 31.2 Å². The van der Waals surface area contributed by atoms with Crippen molar-refractivity contribution in [2.24, 2.45) is 0 Å². The highest BCUT2D eigenvalue weighted by Crippen LogP contribution is 2.22. The van der Waals surface area contributed by atoms with E-state index < -0.39 is 0 Å². The molecule has 0 amide bonds. The van der Waals surface area contributed by atoms with Crippen molar-refractivity contribution >= 4 is 11.4 Å². The molecular formula is C41H45N3. The zero-order valence-corrected chi connectivity index (χ0v) is 27.0. The zero-order chi connectivity index (χ0) is 31.0. The highest BCUT2D eigenvalue weighted by molar-refractivity contribution is 5.64. The fourth-order valence-corrected chi connectivity index (χ4v) is 5.05. The molecule has 1 aliphatic rings. The van der Waals surface area contributed by atoms with Crippen LogP contribution in [0.2, 0.25) is 0 Å². The second-order valence-corrected chi connectivity index (χ2v) is 11.3. The minimum absolute atomic E-state index is 0.691. The topological polar surface area (TPSA) is 19.4 Å².